The van der Waals surface area contributed by atoms with Crippen LogP contribution in [-0.2, 0) is 11.3 Å². The molecule has 0 aliphatic heterocycles. The molecule has 0 aliphatic carbocycles. The van der Waals surface area contributed by atoms with Crippen LogP contribution in [0.1, 0.15) is 17.8 Å². The van der Waals surface area contributed by atoms with Crippen molar-refractivity contribution in [1.29, 1.82) is 0 Å². The summed E-state index contributed by atoms with van der Waals surface area (Å²) in [5.74, 6) is -0.419. The van der Waals surface area contributed by atoms with Gasteiger partial charge in [-0.1, -0.05) is 33.6 Å². The van der Waals surface area contributed by atoms with Gasteiger partial charge in [0.15, 0.2) is 0 Å². The van der Waals surface area contributed by atoms with Crippen LogP contribution < -0.4 is 5.32 Å². The highest BCUT2D eigenvalue weighted by Gasteiger charge is 2.21. The molecule has 0 saturated carbocycles. The fraction of sp³-hybridized carbons (Fsp3) is 0.188. The first-order valence-corrected chi connectivity index (χ1v) is 8.39. The molecule has 3 aromatic rings. The van der Waals surface area contributed by atoms with Crippen LogP contribution in [-0.4, -0.2) is 20.7 Å². The first kappa shape index (κ1) is 17.8. The number of rotatable bonds is 4. The summed E-state index contributed by atoms with van der Waals surface area (Å²) in [5.41, 5.74) is 0.927. The number of pyridine rings is 1. The smallest absolute Gasteiger partial charge is 0.283 e. The van der Waals surface area contributed by atoms with Gasteiger partial charge in [0, 0.05) is 16.1 Å². The number of alkyl halides is 2. The number of aromatic nitrogens is 3. The average Bonchev–Trinajstić information content (AvgIpc) is 2.86. The van der Waals surface area contributed by atoms with Crippen molar-refractivity contribution in [2.75, 3.05) is 5.32 Å². The molecule has 0 radical (unpaired) electrons. The van der Waals surface area contributed by atoms with Gasteiger partial charge in [0.1, 0.15) is 12.2 Å². The van der Waals surface area contributed by atoms with Crippen LogP contribution in [0.4, 0.5) is 14.5 Å². The van der Waals surface area contributed by atoms with Gasteiger partial charge in [-0.3, -0.25) is 14.5 Å². The molecule has 0 aliphatic rings. The molecule has 3 rings (SSSR count). The zero-order valence-electron chi connectivity index (χ0n) is 12.9. The molecule has 130 valence electrons. The molecule has 5 nitrogen and oxygen atoms in total. The topological polar surface area (TPSA) is 59.8 Å². The Morgan fingerprint density at radius 2 is 2.16 bits per heavy atom. The molecule has 2 heterocycles. The van der Waals surface area contributed by atoms with Crippen LogP contribution in [0.5, 0.6) is 0 Å². The van der Waals surface area contributed by atoms with Crippen LogP contribution in [0.3, 0.4) is 0 Å². The summed E-state index contributed by atoms with van der Waals surface area (Å²) in [6, 6.07) is 7.17. The number of amides is 1. The Balaban J connectivity index is 1.85. The van der Waals surface area contributed by atoms with Gasteiger partial charge >= 0.3 is 0 Å². The molecule has 2 aromatic heterocycles. The molecule has 0 unspecified atom stereocenters. The van der Waals surface area contributed by atoms with E-state index in [0.29, 0.717) is 16.9 Å². The summed E-state index contributed by atoms with van der Waals surface area (Å²) in [6.45, 7) is 1.30. The van der Waals surface area contributed by atoms with Crippen molar-refractivity contribution >= 4 is 50.0 Å². The third kappa shape index (κ3) is 3.50. The second-order valence-electron chi connectivity index (χ2n) is 5.29. The zero-order valence-corrected chi connectivity index (χ0v) is 15.3. The highest BCUT2D eigenvalue weighted by Crippen LogP contribution is 2.30. The number of nitrogens with one attached hydrogen (secondary N) is 1. The van der Waals surface area contributed by atoms with E-state index < -0.39 is 18.0 Å². The third-order valence-electron chi connectivity index (χ3n) is 3.65. The van der Waals surface area contributed by atoms with Crippen molar-refractivity contribution in [2.45, 2.75) is 19.9 Å². The summed E-state index contributed by atoms with van der Waals surface area (Å²) >= 11 is 9.27. The van der Waals surface area contributed by atoms with Crippen molar-refractivity contribution < 1.29 is 13.6 Å². The summed E-state index contributed by atoms with van der Waals surface area (Å²) < 4.78 is 27.7. The predicted octanol–water partition coefficient (Wildman–Crippen LogP) is 4.73. The second kappa shape index (κ2) is 7.05. The maximum atomic E-state index is 12.8. The highest BCUT2D eigenvalue weighted by atomic mass is 79.9. The van der Waals surface area contributed by atoms with Crippen molar-refractivity contribution in [2.24, 2.45) is 0 Å². The van der Waals surface area contributed by atoms with Gasteiger partial charge in [0.25, 0.3) is 6.43 Å². The number of benzene rings is 1. The quantitative estimate of drug-likeness (QED) is 0.652. The Morgan fingerprint density at radius 3 is 2.84 bits per heavy atom. The van der Waals surface area contributed by atoms with Gasteiger partial charge in [0.05, 0.1) is 21.9 Å². The molecule has 0 bridgehead atoms. The standard InChI is InChI=1S/C16H12BrClF2N4O/c1-8-13(18)15(16(19)20)23-24(8)7-12(25)22-11-5-4-10(17)9-3-2-6-21-14(9)11/h2-6,16H,7H2,1H3,(H,22,25). The van der Waals surface area contributed by atoms with Gasteiger partial charge in [-0.25, -0.2) is 8.78 Å². The lowest BCUT2D eigenvalue weighted by Gasteiger charge is -2.10. The van der Waals surface area contributed by atoms with E-state index in [0.717, 1.165) is 14.5 Å². The normalized spacial score (nSPS) is 11.3. The molecule has 1 amide bonds. The highest BCUT2D eigenvalue weighted by molar-refractivity contribution is 9.10. The molecule has 0 saturated heterocycles. The minimum absolute atomic E-state index is 0.126. The van der Waals surface area contributed by atoms with Gasteiger partial charge in [-0.15, -0.1) is 0 Å². The zero-order chi connectivity index (χ0) is 18.1. The SMILES string of the molecule is Cc1c(Cl)c(C(F)F)nn1CC(=O)Nc1ccc(Br)c2cccnc12. The van der Waals surface area contributed by atoms with E-state index in [1.165, 1.54) is 6.92 Å². The largest absolute Gasteiger partial charge is 0.323 e. The number of hydrogen-bond acceptors (Lipinski definition) is 3. The average molecular weight is 430 g/mol. The Bertz CT molecular complexity index is 961. The summed E-state index contributed by atoms with van der Waals surface area (Å²) in [4.78, 5) is 16.6. The Morgan fingerprint density at radius 1 is 1.40 bits per heavy atom. The molecule has 0 atom stereocenters. The lowest BCUT2D eigenvalue weighted by atomic mass is 10.2. The van der Waals surface area contributed by atoms with Crippen LogP contribution in [0, 0.1) is 6.92 Å². The molecule has 25 heavy (non-hydrogen) atoms. The number of anilines is 1. The molecule has 9 heteroatoms. The van der Waals surface area contributed by atoms with Crippen LogP contribution in [0.2, 0.25) is 5.02 Å². The maximum Gasteiger partial charge on any atom is 0.283 e. The number of nitrogens with zero attached hydrogens (tertiary/aromatic N) is 3. The van der Waals surface area contributed by atoms with E-state index >= 15 is 0 Å². The number of halogens is 4. The Kier molecular flexibility index (Phi) is 5.01. The first-order chi connectivity index (χ1) is 11.9. The maximum absolute atomic E-state index is 12.8. The van der Waals surface area contributed by atoms with Crippen LogP contribution >= 0.6 is 27.5 Å². The fourth-order valence-corrected chi connectivity index (χ4v) is 3.08. The molecule has 0 fully saturated rings. The predicted molar refractivity (Wildman–Crippen MR) is 95.0 cm³/mol. The van der Waals surface area contributed by atoms with Gasteiger partial charge < -0.3 is 5.32 Å². The van der Waals surface area contributed by atoms with Crippen LogP contribution in [0.25, 0.3) is 10.9 Å². The van der Waals surface area contributed by atoms with E-state index in [9.17, 15) is 13.6 Å². The molecule has 1 N–H and O–H groups in total. The van der Waals surface area contributed by atoms with Crippen molar-refractivity contribution in [3.63, 3.8) is 0 Å². The number of fused-ring (bicyclic) bond motifs is 1. The van der Waals surface area contributed by atoms with Gasteiger partial charge in [0.2, 0.25) is 5.91 Å². The minimum Gasteiger partial charge on any atom is -0.323 e. The molecular formula is C16H12BrClF2N4O. The van der Waals surface area contributed by atoms with Crippen molar-refractivity contribution in [3.8, 4) is 0 Å². The van der Waals surface area contributed by atoms with Crippen molar-refractivity contribution in [1.82, 2.24) is 14.8 Å². The lowest BCUT2D eigenvalue weighted by Crippen LogP contribution is -2.20. The van der Waals surface area contributed by atoms with Gasteiger partial charge in [-0.05, 0) is 25.1 Å². The monoisotopic (exact) mass is 428 g/mol. The minimum atomic E-state index is -2.80. The number of hydrogen-bond donors (Lipinski definition) is 1. The number of carbonyl (C=O) groups is 1. The summed E-state index contributed by atoms with van der Waals surface area (Å²) in [7, 11) is 0. The van der Waals surface area contributed by atoms with E-state index in [1.807, 2.05) is 6.07 Å². The first-order valence-electron chi connectivity index (χ1n) is 7.22. The molecular weight excluding hydrogens is 418 g/mol. The van der Waals surface area contributed by atoms with Crippen molar-refractivity contribution in [3.05, 3.63) is 51.3 Å². The lowest BCUT2D eigenvalue weighted by molar-refractivity contribution is -0.116. The van der Waals surface area contributed by atoms with Crippen LogP contribution in [0.15, 0.2) is 34.9 Å². The summed E-state index contributed by atoms with van der Waals surface area (Å²) in [6.07, 6.45) is -1.17. The Hall–Kier alpha value is -2.06. The molecule has 1 aromatic carbocycles. The van der Waals surface area contributed by atoms with Gasteiger partial charge in [-0.2, -0.15) is 5.10 Å². The molecule has 0 spiro atoms. The van der Waals surface area contributed by atoms with E-state index in [-0.39, 0.29) is 11.6 Å². The van der Waals surface area contributed by atoms with E-state index in [1.54, 1.807) is 24.4 Å². The Labute approximate surface area is 155 Å². The van der Waals surface area contributed by atoms with E-state index in [4.69, 9.17) is 11.6 Å². The summed E-state index contributed by atoms with van der Waals surface area (Å²) in [5, 5.41) is 7.17. The fourth-order valence-electron chi connectivity index (χ4n) is 2.41. The number of carbonyl (C=O) groups excluding carboxylic acids is 1. The third-order valence-corrected chi connectivity index (χ3v) is 4.81. The van der Waals surface area contributed by atoms with E-state index in [2.05, 4.69) is 31.3 Å². The second-order valence-corrected chi connectivity index (χ2v) is 6.52.